The van der Waals surface area contributed by atoms with Crippen molar-refractivity contribution in [2.45, 2.75) is 194 Å². The van der Waals surface area contributed by atoms with E-state index in [0.717, 1.165) is 38.6 Å². The quantitative estimate of drug-likeness (QED) is 0.0354. The number of carbonyl (C=O) groups is 2. The van der Waals surface area contributed by atoms with E-state index in [9.17, 15) is 19.0 Å². The van der Waals surface area contributed by atoms with Gasteiger partial charge < -0.3 is 28.3 Å². The molecule has 9 nitrogen and oxygen atoms in total. The first kappa shape index (κ1) is 47.0. The lowest BCUT2D eigenvalue weighted by Gasteiger charge is -2.26. The Morgan fingerprint density at radius 3 is 1.40 bits per heavy atom. The molecule has 0 bridgehead atoms. The Labute approximate surface area is 295 Å². The molecule has 0 fully saturated rings. The molecule has 0 saturated heterocycles. The molecule has 0 aromatic rings. The summed E-state index contributed by atoms with van der Waals surface area (Å²) < 4.78 is 33.1. The maximum Gasteiger partial charge on any atom is 0.306 e. The van der Waals surface area contributed by atoms with Crippen molar-refractivity contribution in [3.63, 3.8) is 0 Å². The van der Waals surface area contributed by atoms with Crippen molar-refractivity contribution >= 4 is 19.8 Å². The molecule has 0 rings (SSSR count). The van der Waals surface area contributed by atoms with Crippen molar-refractivity contribution in [3.05, 3.63) is 0 Å². The Morgan fingerprint density at radius 2 is 0.979 bits per heavy atom. The van der Waals surface area contributed by atoms with E-state index in [2.05, 4.69) is 13.8 Å². The molecule has 0 amide bonds. The molecular formula is C38H75NO8P-. The van der Waals surface area contributed by atoms with Crippen LogP contribution in [0.5, 0.6) is 0 Å². The Morgan fingerprint density at radius 1 is 0.583 bits per heavy atom. The molecule has 0 N–H and O–H groups in total. The third-order valence-corrected chi connectivity index (χ3v) is 9.84. The maximum absolute atomic E-state index is 12.6. The number of ether oxygens (including phenoxy) is 2. The van der Waals surface area contributed by atoms with Gasteiger partial charge in [-0.05, 0) is 26.4 Å². The van der Waals surface area contributed by atoms with Crippen molar-refractivity contribution in [2.24, 2.45) is 0 Å². The molecule has 286 valence electrons. The van der Waals surface area contributed by atoms with Crippen LogP contribution in [0.2, 0.25) is 0 Å². The summed E-state index contributed by atoms with van der Waals surface area (Å²) in [7, 11) is -2.75. The van der Waals surface area contributed by atoms with Gasteiger partial charge in [-0.1, -0.05) is 162 Å². The van der Waals surface area contributed by atoms with E-state index in [4.69, 9.17) is 18.5 Å². The zero-order valence-corrected chi connectivity index (χ0v) is 32.6. The molecule has 0 aromatic heterocycles. The number of hydrogen-bond donors (Lipinski definition) is 0. The van der Waals surface area contributed by atoms with Gasteiger partial charge in [0.1, 0.15) is 6.61 Å². The molecule has 2 atom stereocenters. The van der Waals surface area contributed by atoms with Crippen molar-refractivity contribution in [1.29, 1.82) is 0 Å². The molecule has 0 aliphatic rings. The van der Waals surface area contributed by atoms with Gasteiger partial charge in [0.25, 0.3) is 7.82 Å². The van der Waals surface area contributed by atoms with Gasteiger partial charge in [0.05, 0.1) is 13.2 Å². The summed E-state index contributed by atoms with van der Waals surface area (Å²) in [6.07, 6.45) is 28.3. The second-order valence-corrected chi connectivity index (χ2v) is 15.0. The van der Waals surface area contributed by atoms with Crippen LogP contribution in [0.15, 0.2) is 0 Å². The Bertz CT molecular complexity index is 784. The van der Waals surface area contributed by atoms with Crippen LogP contribution in [-0.4, -0.2) is 62.9 Å². The zero-order valence-electron chi connectivity index (χ0n) is 31.7. The summed E-state index contributed by atoms with van der Waals surface area (Å²) >= 11 is 0. The van der Waals surface area contributed by atoms with E-state index in [1.165, 1.54) is 116 Å². The predicted molar refractivity (Wildman–Crippen MR) is 195 cm³/mol. The average molecular weight is 705 g/mol. The summed E-state index contributed by atoms with van der Waals surface area (Å²) in [6.45, 7) is 6.89. The second kappa shape index (κ2) is 34.5. The van der Waals surface area contributed by atoms with E-state index in [1.54, 1.807) is 0 Å². The Kier molecular flexibility index (Phi) is 33.7. The van der Waals surface area contributed by atoms with Crippen LogP contribution in [0.1, 0.15) is 188 Å². The van der Waals surface area contributed by atoms with E-state index < -0.39 is 26.5 Å². The summed E-state index contributed by atoms with van der Waals surface area (Å²) in [6, 6.07) is 0. The lowest BCUT2D eigenvalue weighted by Crippen LogP contribution is -2.30. The third-order valence-electron chi connectivity index (χ3n) is 8.88. The van der Waals surface area contributed by atoms with Gasteiger partial charge in [-0.3, -0.25) is 14.2 Å². The normalized spacial score (nSPS) is 13.5. The first-order valence-corrected chi connectivity index (χ1v) is 21.3. The van der Waals surface area contributed by atoms with E-state index in [-0.39, 0.29) is 32.0 Å². The summed E-state index contributed by atoms with van der Waals surface area (Å²) in [5, 5.41) is 0. The third kappa shape index (κ3) is 33.5. The van der Waals surface area contributed by atoms with Crippen LogP contribution < -0.4 is 4.89 Å². The van der Waals surface area contributed by atoms with Gasteiger partial charge in [-0.15, -0.1) is 0 Å². The molecule has 10 heteroatoms. The molecule has 0 aliphatic carbocycles. The number of esters is 2. The van der Waals surface area contributed by atoms with E-state index in [1.807, 2.05) is 18.9 Å². The molecule has 0 aliphatic heterocycles. The molecule has 0 heterocycles. The smallest absolute Gasteiger partial charge is 0.306 e. The Balaban J connectivity index is 4.39. The largest absolute Gasteiger partial charge is 0.756 e. The molecule has 0 aromatic carbocycles. The highest BCUT2D eigenvalue weighted by atomic mass is 31.2. The van der Waals surface area contributed by atoms with E-state index >= 15 is 0 Å². The van der Waals surface area contributed by atoms with Crippen LogP contribution in [0, 0.1) is 0 Å². The highest BCUT2D eigenvalue weighted by Gasteiger charge is 2.21. The lowest BCUT2D eigenvalue weighted by molar-refractivity contribution is -0.228. The predicted octanol–water partition coefficient (Wildman–Crippen LogP) is 10.1. The van der Waals surface area contributed by atoms with Gasteiger partial charge in [0, 0.05) is 19.4 Å². The van der Waals surface area contributed by atoms with Crippen LogP contribution >= 0.6 is 7.82 Å². The van der Waals surface area contributed by atoms with Crippen molar-refractivity contribution in [2.75, 3.05) is 40.0 Å². The first-order valence-electron chi connectivity index (χ1n) is 19.9. The SMILES string of the molecule is CCCCCCCCCCCCCCC(=O)OCC(COP(=O)([O-])OCCN(C)CC)OC(=O)CCCCCCCCCCCCCC. The summed E-state index contributed by atoms with van der Waals surface area (Å²) in [5.41, 5.74) is 0. The van der Waals surface area contributed by atoms with Crippen LogP contribution in [0.4, 0.5) is 0 Å². The van der Waals surface area contributed by atoms with Gasteiger partial charge in [0.15, 0.2) is 6.10 Å². The number of phosphoric acid groups is 1. The number of rotatable bonds is 37. The highest BCUT2D eigenvalue weighted by Crippen LogP contribution is 2.38. The maximum atomic E-state index is 12.6. The van der Waals surface area contributed by atoms with Gasteiger partial charge in [0.2, 0.25) is 0 Å². The van der Waals surface area contributed by atoms with Crippen molar-refractivity contribution in [1.82, 2.24) is 4.90 Å². The standard InChI is InChI=1S/C38H76NO8P/c1-5-8-10-12-14-16-18-20-22-24-26-28-30-37(40)44-34-36(35-46-48(42,43)45-33-32-39(4)7-3)47-38(41)31-29-27-25-23-21-19-17-15-13-11-9-6-2/h36H,5-35H2,1-4H3,(H,42,43)/p-1. The average Bonchev–Trinajstić information content (AvgIpc) is 3.06. The molecular weight excluding hydrogens is 629 g/mol. The molecule has 0 saturated carbocycles. The molecule has 2 unspecified atom stereocenters. The summed E-state index contributed by atoms with van der Waals surface area (Å²) in [4.78, 5) is 39.2. The highest BCUT2D eigenvalue weighted by molar-refractivity contribution is 7.45. The molecule has 48 heavy (non-hydrogen) atoms. The first-order chi connectivity index (χ1) is 23.2. The van der Waals surface area contributed by atoms with Crippen LogP contribution in [0.25, 0.3) is 0 Å². The number of nitrogens with zero attached hydrogens (tertiary/aromatic N) is 1. The molecule has 0 radical (unpaired) electrons. The number of carbonyl (C=O) groups excluding carboxylic acids is 2. The fourth-order valence-electron chi connectivity index (χ4n) is 5.52. The second-order valence-electron chi connectivity index (χ2n) is 13.5. The number of likely N-dealkylation sites (N-methyl/N-ethyl adjacent to an activating group) is 1. The minimum atomic E-state index is -4.60. The lowest BCUT2D eigenvalue weighted by atomic mass is 10.0. The molecule has 0 spiro atoms. The van der Waals surface area contributed by atoms with Gasteiger partial charge >= 0.3 is 11.9 Å². The minimum absolute atomic E-state index is 0.0391. The van der Waals surface area contributed by atoms with E-state index in [0.29, 0.717) is 13.0 Å². The summed E-state index contributed by atoms with van der Waals surface area (Å²) in [5.74, 6) is -0.827. The van der Waals surface area contributed by atoms with Gasteiger partial charge in [-0.25, -0.2) is 0 Å². The number of unbranched alkanes of at least 4 members (excludes halogenated alkanes) is 22. The minimum Gasteiger partial charge on any atom is -0.756 e. The fraction of sp³-hybridized carbons (Fsp3) is 0.947. The van der Waals surface area contributed by atoms with Crippen LogP contribution in [-0.2, 0) is 32.7 Å². The number of phosphoric ester groups is 1. The van der Waals surface area contributed by atoms with Crippen LogP contribution in [0.3, 0.4) is 0 Å². The van der Waals surface area contributed by atoms with Crippen molar-refractivity contribution < 1.29 is 37.6 Å². The Hall–Kier alpha value is -0.990. The zero-order chi connectivity index (χ0) is 35.6. The van der Waals surface area contributed by atoms with Crippen molar-refractivity contribution in [3.8, 4) is 0 Å². The van der Waals surface area contributed by atoms with Gasteiger partial charge in [-0.2, -0.15) is 0 Å². The monoisotopic (exact) mass is 705 g/mol. The fourth-order valence-corrected chi connectivity index (χ4v) is 6.25. The topological polar surface area (TPSA) is 114 Å². The number of hydrogen-bond acceptors (Lipinski definition) is 9.